The van der Waals surface area contributed by atoms with Crippen LogP contribution in [0.3, 0.4) is 0 Å². The zero-order chi connectivity index (χ0) is 22.0. The monoisotopic (exact) mass is 423 g/mol. The zero-order valence-electron chi connectivity index (χ0n) is 18.2. The third-order valence-corrected chi connectivity index (χ3v) is 6.82. The lowest BCUT2D eigenvalue weighted by Crippen LogP contribution is -2.59. The van der Waals surface area contributed by atoms with Gasteiger partial charge in [-0.3, -0.25) is 14.9 Å². The van der Waals surface area contributed by atoms with Crippen molar-refractivity contribution in [1.82, 2.24) is 15.1 Å². The van der Waals surface area contributed by atoms with Gasteiger partial charge in [0, 0.05) is 38.0 Å². The number of hydrogen-bond acceptors (Lipinski definition) is 3. The summed E-state index contributed by atoms with van der Waals surface area (Å²) in [4.78, 5) is 30.0. The summed E-state index contributed by atoms with van der Waals surface area (Å²) in [5.74, 6) is -0.195. The lowest BCUT2D eigenvalue weighted by atomic mass is 9.94. The average Bonchev–Trinajstić information content (AvgIpc) is 3.05. The number of nitrogens with zero attached hydrogens (tertiary/aromatic N) is 2. The molecular formula is C25H30FN3O2. The first-order valence-electron chi connectivity index (χ1n) is 11.1. The number of carbonyl (C=O) groups is 2. The molecule has 2 heterocycles. The Bertz CT molecular complexity index is 941. The van der Waals surface area contributed by atoms with Gasteiger partial charge < -0.3 is 9.80 Å². The minimum Gasteiger partial charge on any atom is -0.338 e. The van der Waals surface area contributed by atoms with Crippen molar-refractivity contribution in [3.05, 3.63) is 71.5 Å². The van der Waals surface area contributed by atoms with E-state index < -0.39 is 11.5 Å². The molecule has 0 radical (unpaired) electrons. The third kappa shape index (κ3) is 4.22. The maximum atomic E-state index is 13.6. The van der Waals surface area contributed by atoms with E-state index in [4.69, 9.17) is 0 Å². The van der Waals surface area contributed by atoms with Gasteiger partial charge in [0.05, 0.1) is 11.7 Å². The molecule has 2 atom stereocenters. The summed E-state index contributed by atoms with van der Waals surface area (Å²) in [6.07, 6.45) is 2.22. The Morgan fingerprint density at radius 3 is 2.52 bits per heavy atom. The van der Waals surface area contributed by atoms with E-state index in [0.717, 1.165) is 12.0 Å². The van der Waals surface area contributed by atoms with Crippen molar-refractivity contribution in [2.75, 3.05) is 13.1 Å². The van der Waals surface area contributed by atoms with Gasteiger partial charge in [-0.2, -0.15) is 0 Å². The largest absolute Gasteiger partial charge is 0.338 e. The molecule has 0 unspecified atom stereocenters. The first kappa shape index (κ1) is 21.5. The molecule has 4 rings (SSSR count). The molecule has 0 saturated carbocycles. The van der Waals surface area contributed by atoms with Crippen LogP contribution in [0.25, 0.3) is 0 Å². The highest BCUT2D eigenvalue weighted by Gasteiger charge is 2.52. The molecule has 1 spiro atoms. The fourth-order valence-electron chi connectivity index (χ4n) is 4.72. The number of nitrogens with one attached hydrogen (secondary N) is 1. The van der Waals surface area contributed by atoms with Crippen LogP contribution < -0.4 is 5.32 Å². The van der Waals surface area contributed by atoms with Crippen LogP contribution in [0.4, 0.5) is 4.39 Å². The third-order valence-electron chi connectivity index (χ3n) is 6.82. The zero-order valence-corrected chi connectivity index (χ0v) is 18.2. The second kappa shape index (κ2) is 8.79. The molecule has 1 N–H and O–H groups in total. The second-order valence-corrected chi connectivity index (χ2v) is 8.75. The van der Waals surface area contributed by atoms with E-state index in [-0.39, 0.29) is 23.8 Å². The van der Waals surface area contributed by atoms with E-state index in [0.29, 0.717) is 38.0 Å². The van der Waals surface area contributed by atoms with Crippen LogP contribution in [0.5, 0.6) is 0 Å². The van der Waals surface area contributed by atoms with Crippen molar-refractivity contribution >= 4 is 11.8 Å². The SMILES string of the molecule is CC[C@H](C)[C@@H]1NC2(CCN(C(=O)c3cccc(F)c3)CC2)N(Cc2ccccc2)C1=O. The van der Waals surface area contributed by atoms with Gasteiger partial charge in [-0.25, -0.2) is 4.39 Å². The first-order valence-corrected chi connectivity index (χ1v) is 11.1. The van der Waals surface area contributed by atoms with Crippen molar-refractivity contribution in [3.63, 3.8) is 0 Å². The fraction of sp³-hybridized carbons (Fsp3) is 0.440. The molecule has 0 bridgehead atoms. The number of carbonyl (C=O) groups excluding carboxylic acids is 2. The predicted molar refractivity (Wildman–Crippen MR) is 118 cm³/mol. The van der Waals surface area contributed by atoms with Crippen molar-refractivity contribution in [2.45, 2.75) is 51.4 Å². The van der Waals surface area contributed by atoms with Crippen LogP contribution in [0.15, 0.2) is 54.6 Å². The summed E-state index contributed by atoms with van der Waals surface area (Å²) < 4.78 is 13.6. The van der Waals surface area contributed by atoms with Crippen LogP contribution >= 0.6 is 0 Å². The second-order valence-electron chi connectivity index (χ2n) is 8.75. The van der Waals surface area contributed by atoms with E-state index in [2.05, 4.69) is 19.2 Å². The summed E-state index contributed by atoms with van der Waals surface area (Å²) in [5, 5.41) is 3.66. The minimum atomic E-state index is -0.459. The number of rotatable bonds is 5. The minimum absolute atomic E-state index is 0.142. The Balaban J connectivity index is 1.54. The van der Waals surface area contributed by atoms with Crippen molar-refractivity contribution in [3.8, 4) is 0 Å². The summed E-state index contributed by atoms with van der Waals surface area (Å²) in [5.41, 5.74) is 1.00. The van der Waals surface area contributed by atoms with Crippen LogP contribution in [0.2, 0.25) is 0 Å². The van der Waals surface area contributed by atoms with Gasteiger partial charge in [-0.05, 0) is 29.7 Å². The average molecular weight is 424 g/mol. The Kier molecular flexibility index (Phi) is 6.10. The number of piperidine rings is 1. The Morgan fingerprint density at radius 2 is 1.87 bits per heavy atom. The van der Waals surface area contributed by atoms with E-state index in [9.17, 15) is 14.0 Å². The molecular weight excluding hydrogens is 393 g/mol. The molecule has 31 heavy (non-hydrogen) atoms. The molecule has 6 heteroatoms. The standard InChI is InChI=1S/C25H30FN3O2/c1-3-18(2)22-24(31)29(17-19-8-5-4-6-9-19)25(27-22)12-14-28(15-13-25)23(30)20-10-7-11-21(26)16-20/h4-11,16,18,22,27H,3,12-15,17H2,1-2H3/t18-,22-/m0/s1. The van der Waals surface area contributed by atoms with Crippen molar-refractivity contribution in [2.24, 2.45) is 5.92 Å². The highest BCUT2D eigenvalue weighted by molar-refractivity contribution is 5.94. The molecule has 2 aromatic carbocycles. The van der Waals surface area contributed by atoms with Crippen LogP contribution in [0, 0.1) is 11.7 Å². The lowest BCUT2D eigenvalue weighted by Gasteiger charge is -2.45. The topological polar surface area (TPSA) is 52.7 Å². The molecule has 5 nitrogen and oxygen atoms in total. The fourth-order valence-corrected chi connectivity index (χ4v) is 4.72. The van der Waals surface area contributed by atoms with Gasteiger partial charge >= 0.3 is 0 Å². The molecule has 0 aromatic heterocycles. The molecule has 2 fully saturated rings. The molecule has 164 valence electrons. The number of amides is 2. The van der Waals surface area contributed by atoms with Gasteiger partial charge in [0.15, 0.2) is 0 Å². The Labute approximate surface area is 183 Å². The van der Waals surface area contributed by atoms with E-state index in [1.54, 1.807) is 17.0 Å². The van der Waals surface area contributed by atoms with Gasteiger partial charge in [-0.15, -0.1) is 0 Å². The predicted octanol–water partition coefficient (Wildman–Crippen LogP) is 3.80. The van der Waals surface area contributed by atoms with Gasteiger partial charge in [0.25, 0.3) is 5.91 Å². The smallest absolute Gasteiger partial charge is 0.253 e. The van der Waals surface area contributed by atoms with Crippen LogP contribution in [-0.4, -0.2) is 46.4 Å². The first-order chi connectivity index (χ1) is 14.9. The number of likely N-dealkylation sites (tertiary alicyclic amines) is 1. The summed E-state index contributed by atoms with van der Waals surface area (Å²) in [7, 11) is 0. The number of benzene rings is 2. The highest BCUT2D eigenvalue weighted by Crippen LogP contribution is 2.36. The normalized spacial score (nSPS) is 21.5. The summed E-state index contributed by atoms with van der Waals surface area (Å²) in [6.45, 7) is 5.81. The molecule has 2 saturated heterocycles. The van der Waals surface area contributed by atoms with Gasteiger partial charge in [0.2, 0.25) is 5.91 Å². The summed E-state index contributed by atoms with van der Waals surface area (Å²) >= 11 is 0. The van der Waals surface area contributed by atoms with Crippen molar-refractivity contribution in [1.29, 1.82) is 0 Å². The quantitative estimate of drug-likeness (QED) is 0.796. The lowest BCUT2D eigenvalue weighted by molar-refractivity contribution is -0.134. The molecule has 2 amide bonds. The van der Waals surface area contributed by atoms with E-state index in [1.165, 1.54) is 12.1 Å². The van der Waals surface area contributed by atoms with Gasteiger partial charge in [0.1, 0.15) is 5.82 Å². The molecule has 0 aliphatic carbocycles. The maximum absolute atomic E-state index is 13.6. The van der Waals surface area contributed by atoms with E-state index >= 15 is 0 Å². The van der Waals surface area contributed by atoms with E-state index in [1.807, 2.05) is 35.2 Å². The van der Waals surface area contributed by atoms with Crippen LogP contribution in [-0.2, 0) is 11.3 Å². The van der Waals surface area contributed by atoms with Crippen LogP contribution in [0.1, 0.15) is 49.0 Å². The highest BCUT2D eigenvalue weighted by atomic mass is 19.1. The Morgan fingerprint density at radius 1 is 1.16 bits per heavy atom. The van der Waals surface area contributed by atoms with Gasteiger partial charge in [-0.1, -0.05) is 56.7 Å². The number of hydrogen-bond donors (Lipinski definition) is 1. The Hall–Kier alpha value is -2.73. The molecule has 2 aliphatic rings. The maximum Gasteiger partial charge on any atom is 0.253 e. The molecule has 2 aromatic rings. The molecule has 2 aliphatic heterocycles. The number of halogens is 1. The summed E-state index contributed by atoms with van der Waals surface area (Å²) in [6, 6.07) is 15.7. The van der Waals surface area contributed by atoms with Crippen molar-refractivity contribution < 1.29 is 14.0 Å².